The van der Waals surface area contributed by atoms with E-state index in [0.29, 0.717) is 11.4 Å². The number of hydrogen-bond acceptors (Lipinski definition) is 5. The van der Waals surface area contributed by atoms with Gasteiger partial charge in [-0.1, -0.05) is 12.1 Å². The van der Waals surface area contributed by atoms with Gasteiger partial charge in [-0.25, -0.2) is 4.98 Å². The minimum Gasteiger partial charge on any atom is -0.369 e. The van der Waals surface area contributed by atoms with Gasteiger partial charge in [0, 0.05) is 17.7 Å². The number of benzene rings is 1. The van der Waals surface area contributed by atoms with E-state index in [1.165, 1.54) is 18.2 Å². The van der Waals surface area contributed by atoms with Crippen molar-refractivity contribution in [1.82, 2.24) is 15.2 Å². The van der Waals surface area contributed by atoms with Crippen molar-refractivity contribution in [1.29, 1.82) is 0 Å². The highest BCUT2D eigenvalue weighted by molar-refractivity contribution is 5.75. The van der Waals surface area contributed by atoms with Crippen LogP contribution >= 0.6 is 0 Å². The molecule has 0 atom stereocenters. The second-order valence-electron chi connectivity index (χ2n) is 3.56. The zero-order chi connectivity index (χ0) is 13.1. The summed E-state index contributed by atoms with van der Waals surface area (Å²) in [5, 5.41) is 17.1. The number of amides is 1. The normalized spacial score (nSPS) is 10.2. The first-order valence-electron chi connectivity index (χ1n) is 5.00. The van der Waals surface area contributed by atoms with Gasteiger partial charge in [-0.3, -0.25) is 20.0 Å². The largest absolute Gasteiger partial charge is 0.369 e. The number of aromatic nitrogens is 3. The van der Waals surface area contributed by atoms with Gasteiger partial charge in [-0.2, -0.15) is 5.10 Å². The van der Waals surface area contributed by atoms with Crippen LogP contribution in [-0.2, 0) is 11.2 Å². The van der Waals surface area contributed by atoms with Gasteiger partial charge in [0.25, 0.3) is 5.69 Å². The topological polar surface area (TPSA) is 128 Å². The summed E-state index contributed by atoms with van der Waals surface area (Å²) in [6.07, 6.45) is -0.0536. The molecule has 3 N–H and O–H groups in total. The van der Waals surface area contributed by atoms with Crippen LogP contribution in [0.1, 0.15) is 5.82 Å². The molecule has 1 amide bonds. The van der Waals surface area contributed by atoms with E-state index in [1.54, 1.807) is 6.07 Å². The number of nitro benzene ring substituents is 1. The van der Waals surface area contributed by atoms with Crippen molar-refractivity contribution in [2.75, 3.05) is 0 Å². The molecule has 18 heavy (non-hydrogen) atoms. The first-order chi connectivity index (χ1) is 8.56. The fourth-order valence-corrected chi connectivity index (χ4v) is 1.43. The van der Waals surface area contributed by atoms with Gasteiger partial charge in [0.15, 0.2) is 5.82 Å². The molecule has 2 rings (SSSR count). The predicted octanol–water partition coefficient (Wildman–Crippen LogP) is 0.408. The summed E-state index contributed by atoms with van der Waals surface area (Å²) >= 11 is 0. The average molecular weight is 247 g/mol. The van der Waals surface area contributed by atoms with Crippen LogP contribution in [0.4, 0.5) is 5.69 Å². The molecule has 0 spiro atoms. The Morgan fingerprint density at radius 3 is 2.94 bits per heavy atom. The smallest absolute Gasteiger partial charge is 0.270 e. The summed E-state index contributed by atoms with van der Waals surface area (Å²) in [5.41, 5.74) is 5.47. The zero-order valence-corrected chi connectivity index (χ0v) is 9.16. The van der Waals surface area contributed by atoms with Gasteiger partial charge < -0.3 is 5.73 Å². The molecular formula is C10H9N5O3. The van der Waals surface area contributed by atoms with E-state index in [9.17, 15) is 14.9 Å². The van der Waals surface area contributed by atoms with E-state index >= 15 is 0 Å². The van der Waals surface area contributed by atoms with E-state index in [-0.39, 0.29) is 17.9 Å². The zero-order valence-electron chi connectivity index (χ0n) is 9.16. The summed E-state index contributed by atoms with van der Waals surface area (Å²) in [7, 11) is 0. The molecule has 0 aliphatic carbocycles. The van der Waals surface area contributed by atoms with E-state index in [4.69, 9.17) is 5.73 Å². The lowest BCUT2D eigenvalue weighted by atomic mass is 10.2. The lowest BCUT2D eigenvalue weighted by Crippen LogP contribution is -2.14. The van der Waals surface area contributed by atoms with Gasteiger partial charge in [-0.15, -0.1) is 0 Å². The third kappa shape index (κ3) is 2.48. The molecule has 8 nitrogen and oxygen atoms in total. The number of aromatic amines is 1. The van der Waals surface area contributed by atoms with Crippen molar-refractivity contribution < 1.29 is 9.72 Å². The number of nitrogens with zero attached hydrogens (tertiary/aromatic N) is 3. The van der Waals surface area contributed by atoms with Crippen LogP contribution in [-0.4, -0.2) is 26.0 Å². The Bertz CT molecular complexity index is 607. The molecule has 2 aromatic rings. The molecular weight excluding hydrogens is 238 g/mol. The van der Waals surface area contributed by atoms with E-state index in [1.807, 2.05) is 0 Å². The number of hydrogen-bond donors (Lipinski definition) is 2. The highest BCUT2D eigenvalue weighted by atomic mass is 16.6. The summed E-state index contributed by atoms with van der Waals surface area (Å²) in [4.78, 5) is 24.9. The van der Waals surface area contributed by atoms with Crippen molar-refractivity contribution >= 4 is 11.6 Å². The monoisotopic (exact) mass is 247 g/mol. The van der Waals surface area contributed by atoms with E-state index in [0.717, 1.165) is 0 Å². The number of carbonyl (C=O) groups excluding carboxylic acids is 1. The van der Waals surface area contributed by atoms with Crippen LogP contribution in [0.3, 0.4) is 0 Å². The Morgan fingerprint density at radius 1 is 1.50 bits per heavy atom. The Balaban J connectivity index is 2.31. The molecule has 0 aliphatic heterocycles. The molecule has 1 heterocycles. The third-order valence-electron chi connectivity index (χ3n) is 2.19. The number of nitrogens with two attached hydrogens (primary N) is 1. The molecule has 0 radical (unpaired) electrons. The van der Waals surface area contributed by atoms with E-state index in [2.05, 4.69) is 15.2 Å². The molecule has 0 fully saturated rings. The highest BCUT2D eigenvalue weighted by Crippen LogP contribution is 2.20. The number of H-pyrrole nitrogens is 1. The maximum absolute atomic E-state index is 10.7. The predicted molar refractivity (Wildman–Crippen MR) is 61.4 cm³/mol. The fourth-order valence-electron chi connectivity index (χ4n) is 1.43. The van der Waals surface area contributed by atoms with Crippen LogP contribution in [0.5, 0.6) is 0 Å². The number of nitro groups is 1. The van der Waals surface area contributed by atoms with Crippen LogP contribution < -0.4 is 5.73 Å². The second-order valence-corrected chi connectivity index (χ2v) is 3.56. The maximum atomic E-state index is 10.7. The first kappa shape index (κ1) is 11.7. The Hall–Kier alpha value is -2.77. The minimum atomic E-state index is -0.531. The Kier molecular flexibility index (Phi) is 3.00. The SMILES string of the molecule is NC(=O)Cc1nc(-c2cccc([N+](=O)[O-])c2)n[nH]1. The molecule has 8 heteroatoms. The molecule has 1 aromatic heterocycles. The summed E-state index contributed by atoms with van der Waals surface area (Å²) in [6, 6.07) is 5.92. The number of carbonyl (C=O) groups is 1. The maximum Gasteiger partial charge on any atom is 0.270 e. The molecule has 1 aromatic carbocycles. The lowest BCUT2D eigenvalue weighted by Gasteiger charge is -1.94. The number of nitrogens with one attached hydrogen (secondary N) is 1. The van der Waals surface area contributed by atoms with Gasteiger partial charge in [0.2, 0.25) is 5.91 Å². The van der Waals surface area contributed by atoms with Crippen molar-refractivity contribution in [2.24, 2.45) is 5.73 Å². The lowest BCUT2D eigenvalue weighted by molar-refractivity contribution is -0.384. The van der Waals surface area contributed by atoms with Crippen LogP contribution in [0, 0.1) is 10.1 Å². The Morgan fingerprint density at radius 2 is 2.28 bits per heavy atom. The van der Waals surface area contributed by atoms with Gasteiger partial charge in [0.1, 0.15) is 5.82 Å². The average Bonchev–Trinajstić information content (AvgIpc) is 2.77. The van der Waals surface area contributed by atoms with Crippen molar-refractivity contribution in [3.63, 3.8) is 0 Å². The van der Waals surface area contributed by atoms with Crippen molar-refractivity contribution in [3.8, 4) is 11.4 Å². The summed E-state index contributed by atoms with van der Waals surface area (Å²) < 4.78 is 0. The minimum absolute atomic E-state index is 0.0475. The summed E-state index contributed by atoms with van der Waals surface area (Å²) in [6.45, 7) is 0. The summed E-state index contributed by atoms with van der Waals surface area (Å²) in [5.74, 6) is 0.0794. The number of rotatable bonds is 4. The fraction of sp³-hybridized carbons (Fsp3) is 0.100. The van der Waals surface area contributed by atoms with E-state index < -0.39 is 10.8 Å². The number of primary amides is 1. The molecule has 0 bridgehead atoms. The molecule has 92 valence electrons. The standard InChI is InChI=1S/C10H9N5O3/c11-8(16)5-9-12-10(14-13-9)6-2-1-3-7(4-6)15(17)18/h1-4H,5H2,(H2,11,16)(H,12,13,14). The molecule has 0 saturated carbocycles. The number of non-ortho nitro benzene ring substituents is 1. The highest BCUT2D eigenvalue weighted by Gasteiger charge is 2.11. The van der Waals surface area contributed by atoms with Crippen LogP contribution in [0.25, 0.3) is 11.4 Å². The third-order valence-corrected chi connectivity index (χ3v) is 2.19. The van der Waals surface area contributed by atoms with Crippen LogP contribution in [0.2, 0.25) is 0 Å². The first-order valence-corrected chi connectivity index (χ1v) is 5.00. The van der Waals surface area contributed by atoms with Gasteiger partial charge >= 0.3 is 0 Å². The molecule has 0 saturated heterocycles. The van der Waals surface area contributed by atoms with Crippen molar-refractivity contribution in [2.45, 2.75) is 6.42 Å². The Labute approximate surface area is 101 Å². The quantitative estimate of drug-likeness (QED) is 0.597. The van der Waals surface area contributed by atoms with Gasteiger partial charge in [0.05, 0.1) is 11.3 Å². The van der Waals surface area contributed by atoms with Gasteiger partial charge in [-0.05, 0) is 0 Å². The van der Waals surface area contributed by atoms with Crippen LogP contribution in [0.15, 0.2) is 24.3 Å². The second kappa shape index (κ2) is 4.62. The molecule has 0 aliphatic rings. The van der Waals surface area contributed by atoms with Crippen molar-refractivity contribution in [3.05, 3.63) is 40.2 Å². The molecule has 0 unspecified atom stereocenters.